The minimum Gasteiger partial charge on any atom is -0.456 e. The lowest BCUT2D eigenvalue weighted by Crippen LogP contribution is -2.10. The van der Waals surface area contributed by atoms with Crippen molar-refractivity contribution >= 4 is 76.6 Å². The fourth-order valence-electron chi connectivity index (χ4n) is 9.48. The Balaban J connectivity index is 1.11. The highest BCUT2D eigenvalue weighted by Gasteiger charge is 2.25. The molecule has 64 heavy (non-hydrogen) atoms. The Bertz CT molecular complexity index is 4000. The molecule has 0 amide bonds. The number of furan rings is 1. The topological polar surface area (TPSA) is 87.7 Å². The Hall–Kier alpha value is -8.36. The molecular formula is C56H38N6O2. The zero-order valence-corrected chi connectivity index (χ0v) is 35.2. The number of benzene rings is 8. The van der Waals surface area contributed by atoms with Gasteiger partial charge >= 0.3 is 0 Å². The van der Waals surface area contributed by atoms with E-state index in [2.05, 4.69) is 139 Å². The van der Waals surface area contributed by atoms with Gasteiger partial charge in [-0.2, -0.15) is 9.97 Å². The Morgan fingerprint density at radius 2 is 1.03 bits per heavy atom. The van der Waals surface area contributed by atoms with Crippen molar-refractivity contribution in [1.82, 2.24) is 29.1 Å². The van der Waals surface area contributed by atoms with Crippen molar-refractivity contribution < 1.29 is 8.83 Å². The predicted octanol–water partition coefficient (Wildman–Crippen LogP) is 14.4. The van der Waals surface area contributed by atoms with Crippen LogP contribution < -0.4 is 0 Å². The van der Waals surface area contributed by atoms with Crippen LogP contribution in [-0.2, 0) is 5.41 Å². The van der Waals surface area contributed by atoms with Gasteiger partial charge in [-0.25, -0.2) is 9.97 Å². The maximum atomic E-state index is 6.82. The summed E-state index contributed by atoms with van der Waals surface area (Å²) in [6, 6.07) is 60.7. The number of para-hydroxylation sites is 4. The van der Waals surface area contributed by atoms with E-state index in [1.165, 1.54) is 5.56 Å². The van der Waals surface area contributed by atoms with E-state index in [0.717, 1.165) is 93.4 Å². The molecule has 304 valence electrons. The first-order valence-corrected chi connectivity index (χ1v) is 21.6. The first-order valence-electron chi connectivity index (χ1n) is 21.6. The zero-order valence-electron chi connectivity index (χ0n) is 35.2. The van der Waals surface area contributed by atoms with E-state index in [0.29, 0.717) is 29.1 Å². The highest BCUT2D eigenvalue weighted by Crippen LogP contribution is 2.43. The van der Waals surface area contributed by atoms with Crippen molar-refractivity contribution in [3.05, 3.63) is 181 Å². The van der Waals surface area contributed by atoms with Crippen molar-refractivity contribution in [2.24, 2.45) is 0 Å². The molecule has 13 rings (SSSR count). The van der Waals surface area contributed by atoms with Crippen molar-refractivity contribution in [2.75, 3.05) is 0 Å². The van der Waals surface area contributed by atoms with Gasteiger partial charge in [0, 0.05) is 49.0 Å². The fraction of sp³-hybridized carbons (Fsp3) is 0.0714. The van der Waals surface area contributed by atoms with Gasteiger partial charge in [-0.05, 0) is 71.6 Å². The number of fused-ring (bicyclic) bond motifs is 11. The van der Waals surface area contributed by atoms with Gasteiger partial charge in [0.1, 0.15) is 16.7 Å². The molecule has 0 aliphatic heterocycles. The molecule has 5 heterocycles. The van der Waals surface area contributed by atoms with E-state index >= 15 is 0 Å². The summed E-state index contributed by atoms with van der Waals surface area (Å²) >= 11 is 0. The quantitative estimate of drug-likeness (QED) is 0.172. The van der Waals surface area contributed by atoms with E-state index in [-0.39, 0.29) is 5.41 Å². The standard InChI is InChI=1S/C56H38N6O2/c1-56(2,3)36-27-24-34(25-28-36)54-57-43-19-13-22-46(51(43)64-54)61-44-20-10-7-16-37(44)40-29-30-41-38-17-8-11-21-45(38)62(50(41)49(40)61)55-59-52(33-14-5-4-6-15-33)58-53(60-55)35-26-31-48-42(32-35)39-18-9-12-23-47(39)63-48/h4-32H,1-3H3. The van der Waals surface area contributed by atoms with Crippen LogP contribution in [0.5, 0.6) is 0 Å². The van der Waals surface area contributed by atoms with Gasteiger partial charge in [0.05, 0.1) is 27.8 Å². The summed E-state index contributed by atoms with van der Waals surface area (Å²) in [5.74, 6) is 2.22. The van der Waals surface area contributed by atoms with Crippen LogP contribution in [0.4, 0.5) is 0 Å². The van der Waals surface area contributed by atoms with Gasteiger partial charge in [0.25, 0.3) is 0 Å². The summed E-state index contributed by atoms with van der Waals surface area (Å²) in [5.41, 5.74) is 12.0. The molecule has 0 aliphatic rings. The summed E-state index contributed by atoms with van der Waals surface area (Å²) in [7, 11) is 0. The molecule has 0 saturated carbocycles. The van der Waals surface area contributed by atoms with E-state index < -0.39 is 0 Å². The molecular weight excluding hydrogens is 789 g/mol. The molecule has 13 aromatic rings. The Labute approximate surface area is 366 Å². The van der Waals surface area contributed by atoms with Gasteiger partial charge in [-0.3, -0.25) is 4.57 Å². The second kappa shape index (κ2) is 13.6. The van der Waals surface area contributed by atoms with Crippen molar-refractivity contribution in [1.29, 1.82) is 0 Å². The Morgan fingerprint density at radius 1 is 0.422 bits per heavy atom. The lowest BCUT2D eigenvalue weighted by molar-refractivity contribution is 0.589. The Morgan fingerprint density at radius 3 is 1.77 bits per heavy atom. The van der Waals surface area contributed by atoms with Crippen LogP contribution in [0, 0.1) is 0 Å². The smallest absolute Gasteiger partial charge is 0.238 e. The molecule has 8 nitrogen and oxygen atoms in total. The largest absolute Gasteiger partial charge is 0.456 e. The molecule has 8 heteroatoms. The molecule has 0 radical (unpaired) electrons. The molecule has 0 fully saturated rings. The molecule has 0 atom stereocenters. The molecule has 0 N–H and O–H groups in total. The number of hydrogen-bond donors (Lipinski definition) is 0. The lowest BCUT2D eigenvalue weighted by Gasteiger charge is -2.18. The van der Waals surface area contributed by atoms with Gasteiger partial charge in [-0.15, -0.1) is 0 Å². The fourth-order valence-corrected chi connectivity index (χ4v) is 9.48. The number of rotatable bonds is 5. The molecule has 5 aromatic heterocycles. The molecule has 0 bridgehead atoms. The number of hydrogen-bond acceptors (Lipinski definition) is 6. The van der Waals surface area contributed by atoms with E-state index in [9.17, 15) is 0 Å². The third kappa shape index (κ3) is 5.48. The number of oxazole rings is 1. The SMILES string of the molecule is CC(C)(C)c1ccc(-c2nc3cccc(-n4c5ccccc5c5ccc6c7ccccc7n(-c7nc(-c8ccccc8)nc(-c8ccc9oc%10ccccc%10c9c8)n7)c6c54)c3o2)cc1. The maximum Gasteiger partial charge on any atom is 0.238 e. The van der Waals surface area contributed by atoms with Crippen LogP contribution in [0.25, 0.3) is 123 Å². The molecule has 0 aliphatic carbocycles. The molecule has 0 spiro atoms. The molecule has 0 unspecified atom stereocenters. The normalized spacial score (nSPS) is 12.3. The molecule has 0 saturated heterocycles. The number of nitrogens with zero attached hydrogens (tertiary/aromatic N) is 6. The van der Waals surface area contributed by atoms with E-state index in [4.69, 9.17) is 28.8 Å². The van der Waals surface area contributed by atoms with Crippen molar-refractivity contribution in [3.8, 4) is 45.9 Å². The summed E-state index contributed by atoms with van der Waals surface area (Å²) in [6.07, 6.45) is 0. The zero-order chi connectivity index (χ0) is 42.7. The molecule has 8 aromatic carbocycles. The summed E-state index contributed by atoms with van der Waals surface area (Å²) < 4.78 is 17.6. The van der Waals surface area contributed by atoms with Crippen LogP contribution in [0.15, 0.2) is 185 Å². The van der Waals surface area contributed by atoms with Crippen LogP contribution >= 0.6 is 0 Å². The minimum atomic E-state index is 0.0350. The third-order valence-corrected chi connectivity index (χ3v) is 12.6. The number of aromatic nitrogens is 6. The average molecular weight is 827 g/mol. The van der Waals surface area contributed by atoms with E-state index in [1.807, 2.05) is 66.7 Å². The van der Waals surface area contributed by atoms with Crippen LogP contribution in [0.2, 0.25) is 0 Å². The summed E-state index contributed by atoms with van der Waals surface area (Å²) in [4.78, 5) is 20.9. The minimum absolute atomic E-state index is 0.0350. The van der Waals surface area contributed by atoms with Crippen molar-refractivity contribution in [2.45, 2.75) is 26.2 Å². The lowest BCUT2D eigenvalue weighted by atomic mass is 9.87. The Kier molecular flexibility index (Phi) is 7.70. The second-order valence-corrected chi connectivity index (χ2v) is 17.5. The van der Waals surface area contributed by atoms with Crippen LogP contribution in [0.1, 0.15) is 26.3 Å². The van der Waals surface area contributed by atoms with Gasteiger partial charge in [0.15, 0.2) is 17.2 Å². The third-order valence-electron chi connectivity index (χ3n) is 12.6. The summed E-state index contributed by atoms with van der Waals surface area (Å²) in [6.45, 7) is 6.67. The average Bonchev–Trinajstić information content (AvgIpc) is 4.11. The van der Waals surface area contributed by atoms with Gasteiger partial charge in [0.2, 0.25) is 11.8 Å². The summed E-state index contributed by atoms with van der Waals surface area (Å²) in [5, 5.41) is 6.42. The van der Waals surface area contributed by atoms with Gasteiger partial charge < -0.3 is 13.4 Å². The highest BCUT2D eigenvalue weighted by molar-refractivity contribution is 6.24. The first kappa shape index (κ1) is 36.3. The van der Waals surface area contributed by atoms with Crippen molar-refractivity contribution in [3.63, 3.8) is 0 Å². The monoisotopic (exact) mass is 826 g/mol. The van der Waals surface area contributed by atoms with Crippen LogP contribution in [-0.4, -0.2) is 29.1 Å². The van der Waals surface area contributed by atoms with E-state index in [1.54, 1.807) is 0 Å². The first-order chi connectivity index (χ1) is 31.4. The highest BCUT2D eigenvalue weighted by atomic mass is 16.3. The second-order valence-electron chi connectivity index (χ2n) is 17.5. The van der Waals surface area contributed by atoms with Gasteiger partial charge in [-0.1, -0.05) is 136 Å². The predicted molar refractivity (Wildman–Crippen MR) is 258 cm³/mol. The maximum absolute atomic E-state index is 6.82. The van der Waals surface area contributed by atoms with Crippen LogP contribution in [0.3, 0.4) is 0 Å².